The van der Waals surface area contributed by atoms with E-state index >= 15 is 0 Å². The van der Waals surface area contributed by atoms with E-state index in [4.69, 9.17) is 16.2 Å². The summed E-state index contributed by atoms with van der Waals surface area (Å²) < 4.78 is 33.4. The lowest BCUT2D eigenvalue weighted by Crippen LogP contribution is -2.52. The SMILES string of the molecule is C[C@]1(F)COC(N)=N[C@]1(C)c1cc(N)ccc1F. The van der Waals surface area contributed by atoms with E-state index in [2.05, 4.69) is 4.99 Å². The van der Waals surface area contributed by atoms with Crippen LogP contribution in [0.15, 0.2) is 23.2 Å². The van der Waals surface area contributed by atoms with Crippen molar-refractivity contribution in [1.29, 1.82) is 0 Å². The van der Waals surface area contributed by atoms with Crippen LogP contribution in [0.4, 0.5) is 14.5 Å². The molecule has 18 heavy (non-hydrogen) atoms. The maximum absolute atomic E-state index is 14.6. The highest BCUT2D eigenvalue weighted by molar-refractivity contribution is 5.73. The third kappa shape index (κ3) is 1.77. The number of nitrogens with zero attached hydrogens (tertiary/aromatic N) is 1. The highest BCUT2D eigenvalue weighted by atomic mass is 19.1. The van der Waals surface area contributed by atoms with Crippen LogP contribution in [0.25, 0.3) is 0 Å². The van der Waals surface area contributed by atoms with Crippen LogP contribution >= 0.6 is 0 Å². The first-order valence-corrected chi connectivity index (χ1v) is 5.49. The number of benzene rings is 1. The number of anilines is 1. The van der Waals surface area contributed by atoms with E-state index < -0.39 is 17.0 Å². The van der Waals surface area contributed by atoms with Gasteiger partial charge in [-0.3, -0.25) is 0 Å². The number of rotatable bonds is 1. The molecule has 4 N–H and O–H groups in total. The molecule has 2 atom stereocenters. The summed E-state index contributed by atoms with van der Waals surface area (Å²) in [6.45, 7) is 2.48. The van der Waals surface area contributed by atoms with Crippen LogP contribution in [0.2, 0.25) is 0 Å². The van der Waals surface area contributed by atoms with Crippen molar-refractivity contribution in [3.63, 3.8) is 0 Å². The average Bonchev–Trinajstić information content (AvgIpc) is 2.28. The Labute approximate surface area is 104 Å². The molecule has 0 saturated carbocycles. The van der Waals surface area contributed by atoms with Gasteiger partial charge in [0.05, 0.1) is 0 Å². The predicted molar refractivity (Wildman–Crippen MR) is 65.3 cm³/mol. The molecule has 0 aromatic heterocycles. The lowest BCUT2D eigenvalue weighted by atomic mass is 9.78. The fourth-order valence-electron chi connectivity index (χ4n) is 1.98. The van der Waals surface area contributed by atoms with Crippen molar-refractivity contribution < 1.29 is 13.5 Å². The Kier molecular flexibility index (Phi) is 2.68. The summed E-state index contributed by atoms with van der Waals surface area (Å²) in [5, 5.41) is 0. The van der Waals surface area contributed by atoms with Crippen LogP contribution < -0.4 is 11.5 Å². The summed E-state index contributed by atoms with van der Waals surface area (Å²) in [6, 6.07) is 3.81. The highest BCUT2D eigenvalue weighted by Gasteiger charge is 2.51. The molecule has 0 bridgehead atoms. The fraction of sp³-hybridized carbons (Fsp3) is 0.417. The predicted octanol–water partition coefficient (Wildman–Crippen LogP) is 1.70. The summed E-state index contributed by atoms with van der Waals surface area (Å²) in [4.78, 5) is 3.94. The van der Waals surface area contributed by atoms with Crippen LogP contribution in [0.1, 0.15) is 19.4 Å². The standard InChI is InChI=1S/C12H15F2N3O/c1-11(14)6-18-10(16)17-12(11,2)8-5-7(15)3-4-9(8)13/h3-5H,6,15H2,1-2H3,(H2,16,17)/t11-,12+/m0/s1. The molecule has 0 fully saturated rings. The van der Waals surface area contributed by atoms with Gasteiger partial charge in [0, 0.05) is 11.3 Å². The second-order valence-electron chi connectivity index (χ2n) is 4.75. The molecule has 1 aromatic carbocycles. The van der Waals surface area contributed by atoms with Gasteiger partial charge in [-0.05, 0) is 32.0 Å². The van der Waals surface area contributed by atoms with Gasteiger partial charge in [-0.1, -0.05) is 0 Å². The highest BCUT2D eigenvalue weighted by Crippen LogP contribution is 2.43. The molecule has 1 aromatic rings. The molecule has 0 radical (unpaired) electrons. The molecule has 0 amide bonds. The van der Waals surface area contributed by atoms with Crippen LogP contribution in [0.3, 0.4) is 0 Å². The Bertz CT molecular complexity index is 516. The fourth-order valence-corrected chi connectivity index (χ4v) is 1.98. The lowest BCUT2D eigenvalue weighted by molar-refractivity contribution is 0.00404. The Morgan fingerprint density at radius 1 is 1.33 bits per heavy atom. The van der Waals surface area contributed by atoms with Crippen LogP contribution in [0.5, 0.6) is 0 Å². The molecule has 1 aliphatic heterocycles. The number of hydrogen-bond acceptors (Lipinski definition) is 4. The maximum atomic E-state index is 14.6. The van der Waals surface area contributed by atoms with E-state index in [1.54, 1.807) is 0 Å². The zero-order valence-electron chi connectivity index (χ0n) is 10.2. The normalized spacial score (nSPS) is 31.7. The topological polar surface area (TPSA) is 73.6 Å². The van der Waals surface area contributed by atoms with Gasteiger partial charge >= 0.3 is 0 Å². The third-order valence-electron chi connectivity index (χ3n) is 3.35. The third-order valence-corrected chi connectivity index (χ3v) is 3.35. The monoisotopic (exact) mass is 255 g/mol. The maximum Gasteiger partial charge on any atom is 0.283 e. The van der Waals surface area contributed by atoms with Gasteiger partial charge in [0.15, 0.2) is 5.67 Å². The van der Waals surface area contributed by atoms with E-state index in [1.807, 2.05) is 0 Å². The van der Waals surface area contributed by atoms with Crippen molar-refractivity contribution >= 4 is 11.7 Å². The van der Waals surface area contributed by atoms with Crippen molar-refractivity contribution in [2.24, 2.45) is 10.7 Å². The van der Waals surface area contributed by atoms with Crippen molar-refractivity contribution in [3.05, 3.63) is 29.6 Å². The molecule has 6 heteroatoms. The Balaban J connectivity index is 2.65. The minimum Gasteiger partial charge on any atom is -0.462 e. The number of nitrogens with two attached hydrogens (primary N) is 2. The number of nitrogen functional groups attached to an aromatic ring is 1. The number of hydrogen-bond donors (Lipinski definition) is 2. The second kappa shape index (κ2) is 3.83. The summed E-state index contributed by atoms with van der Waals surface area (Å²) in [6.07, 6.45) is 0. The number of halogens is 2. The summed E-state index contributed by atoms with van der Waals surface area (Å²) in [7, 11) is 0. The van der Waals surface area contributed by atoms with Gasteiger partial charge in [0.25, 0.3) is 6.02 Å². The number of aliphatic imine (C=N–C) groups is 1. The van der Waals surface area contributed by atoms with Crippen molar-refractivity contribution in [2.75, 3.05) is 12.3 Å². The number of alkyl halides is 1. The lowest BCUT2D eigenvalue weighted by Gasteiger charge is -2.40. The second-order valence-corrected chi connectivity index (χ2v) is 4.75. The van der Waals surface area contributed by atoms with Gasteiger partial charge in [0.2, 0.25) is 0 Å². The molecule has 0 saturated heterocycles. The van der Waals surface area contributed by atoms with Crippen LogP contribution in [0, 0.1) is 5.82 Å². The zero-order valence-corrected chi connectivity index (χ0v) is 10.2. The van der Waals surface area contributed by atoms with E-state index in [-0.39, 0.29) is 18.2 Å². The van der Waals surface area contributed by atoms with E-state index in [1.165, 1.54) is 32.0 Å². The molecule has 1 heterocycles. The van der Waals surface area contributed by atoms with Crippen molar-refractivity contribution in [1.82, 2.24) is 0 Å². The Hall–Kier alpha value is -1.85. The first kappa shape index (κ1) is 12.6. The average molecular weight is 255 g/mol. The van der Waals surface area contributed by atoms with E-state index in [0.717, 1.165) is 0 Å². The minimum atomic E-state index is -1.88. The molecule has 0 spiro atoms. The molecule has 0 unspecified atom stereocenters. The van der Waals surface area contributed by atoms with Crippen LogP contribution in [-0.2, 0) is 10.3 Å². The molecule has 1 aliphatic rings. The Morgan fingerprint density at radius 2 is 2.00 bits per heavy atom. The largest absolute Gasteiger partial charge is 0.462 e. The Morgan fingerprint density at radius 3 is 2.67 bits per heavy atom. The van der Waals surface area contributed by atoms with Gasteiger partial charge in [-0.25, -0.2) is 13.8 Å². The first-order chi connectivity index (χ1) is 8.26. The molecule has 4 nitrogen and oxygen atoms in total. The molecular weight excluding hydrogens is 240 g/mol. The molecular formula is C12H15F2N3O. The molecule has 0 aliphatic carbocycles. The van der Waals surface area contributed by atoms with Crippen molar-refractivity contribution in [3.8, 4) is 0 Å². The van der Waals surface area contributed by atoms with Gasteiger partial charge in [-0.15, -0.1) is 0 Å². The van der Waals surface area contributed by atoms with Crippen molar-refractivity contribution in [2.45, 2.75) is 25.1 Å². The number of amidine groups is 1. The first-order valence-electron chi connectivity index (χ1n) is 5.49. The van der Waals surface area contributed by atoms with Crippen LogP contribution in [-0.4, -0.2) is 18.3 Å². The van der Waals surface area contributed by atoms with E-state index in [9.17, 15) is 8.78 Å². The molecule has 2 rings (SSSR count). The quantitative estimate of drug-likeness (QED) is 0.750. The minimum absolute atomic E-state index is 0.0683. The summed E-state index contributed by atoms with van der Waals surface area (Å²) in [5.74, 6) is -0.575. The smallest absolute Gasteiger partial charge is 0.283 e. The van der Waals surface area contributed by atoms with Gasteiger partial charge < -0.3 is 16.2 Å². The van der Waals surface area contributed by atoms with E-state index in [0.29, 0.717) is 5.69 Å². The number of ether oxygens (including phenoxy) is 1. The molecule has 98 valence electrons. The summed E-state index contributed by atoms with van der Waals surface area (Å²) >= 11 is 0. The van der Waals surface area contributed by atoms with Gasteiger partial charge in [0.1, 0.15) is 18.0 Å². The summed E-state index contributed by atoms with van der Waals surface area (Å²) in [5.41, 5.74) is 8.14. The zero-order chi connectivity index (χ0) is 13.6. The van der Waals surface area contributed by atoms with Gasteiger partial charge in [-0.2, -0.15) is 0 Å².